The second-order valence-corrected chi connectivity index (χ2v) is 3.47. The van der Waals surface area contributed by atoms with Crippen molar-refractivity contribution in [1.29, 1.82) is 0 Å². The van der Waals surface area contributed by atoms with Gasteiger partial charge in [-0.15, -0.1) is 0 Å². The molecule has 0 heterocycles. The number of carbonyl (C=O) groups excluding carboxylic acids is 1. The van der Waals surface area contributed by atoms with Gasteiger partial charge in [0.25, 0.3) is 5.91 Å². The number of hydrogen-bond acceptors (Lipinski definition) is 3. The maximum Gasteiger partial charge on any atom is 0.326 e. The smallest absolute Gasteiger partial charge is 0.326 e. The second-order valence-electron chi connectivity index (χ2n) is 3.47. The zero-order valence-electron chi connectivity index (χ0n) is 9.24. The molecule has 1 unspecified atom stereocenters. The molecule has 1 aromatic carbocycles. The quantitative estimate of drug-likeness (QED) is 0.721. The Morgan fingerprint density at radius 3 is 2.65 bits per heavy atom. The third-order valence-electron chi connectivity index (χ3n) is 2.30. The molecule has 0 aliphatic carbocycles. The highest BCUT2D eigenvalue weighted by Gasteiger charge is 2.19. The number of benzene rings is 1. The van der Waals surface area contributed by atoms with Crippen molar-refractivity contribution < 1.29 is 19.1 Å². The van der Waals surface area contributed by atoms with E-state index in [2.05, 4.69) is 5.32 Å². The predicted octanol–water partition coefficient (Wildman–Crippen LogP) is 1.20. The van der Waals surface area contributed by atoms with Gasteiger partial charge in [-0.1, -0.05) is 13.0 Å². The zero-order valence-corrected chi connectivity index (χ0v) is 9.24. The SMILES string of the molecule is CCC(Nc1cccc(F)c1C(N)=O)C(=O)O. The normalized spacial score (nSPS) is 11.9. The third-order valence-corrected chi connectivity index (χ3v) is 2.30. The van der Waals surface area contributed by atoms with E-state index >= 15 is 0 Å². The standard InChI is InChI=1S/C11H13FN2O3/c1-2-7(11(16)17)14-8-5-3-4-6(12)9(8)10(13)15/h3-5,7,14H,2H2,1H3,(H2,13,15)(H,16,17). The number of carboxylic acids is 1. The van der Waals surface area contributed by atoms with Gasteiger partial charge in [-0.05, 0) is 18.6 Å². The second kappa shape index (κ2) is 5.29. The number of nitrogens with one attached hydrogen (secondary N) is 1. The minimum atomic E-state index is -1.08. The molecule has 0 aliphatic heterocycles. The molecule has 17 heavy (non-hydrogen) atoms. The first-order valence-electron chi connectivity index (χ1n) is 5.05. The van der Waals surface area contributed by atoms with E-state index in [9.17, 15) is 14.0 Å². The van der Waals surface area contributed by atoms with Crippen LogP contribution in [0.1, 0.15) is 23.7 Å². The molecule has 1 rings (SSSR count). The summed E-state index contributed by atoms with van der Waals surface area (Å²) in [5.41, 5.74) is 4.81. The van der Waals surface area contributed by atoms with Gasteiger partial charge in [-0.3, -0.25) is 4.79 Å². The highest BCUT2D eigenvalue weighted by Crippen LogP contribution is 2.19. The van der Waals surface area contributed by atoms with Gasteiger partial charge in [0.15, 0.2) is 0 Å². The highest BCUT2D eigenvalue weighted by atomic mass is 19.1. The lowest BCUT2D eigenvalue weighted by Crippen LogP contribution is -2.30. The Morgan fingerprint density at radius 2 is 2.18 bits per heavy atom. The van der Waals surface area contributed by atoms with E-state index in [0.29, 0.717) is 6.42 Å². The van der Waals surface area contributed by atoms with Gasteiger partial charge in [-0.25, -0.2) is 9.18 Å². The van der Waals surface area contributed by atoms with Crippen molar-refractivity contribution in [3.8, 4) is 0 Å². The number of hydrogen-bond donors (Lipinski definition) is 3. The molecule has 1 aromatic rings. The minimum absolute atomic E-state index is 0.0896. The largest absolute Gasteiger partial charge is 0.480 e. The monoisotopic (exact) mass is 240 g/mol. The number of halogens is 1. The molecule has 0 saturated heterocycles. The van der Waals surface area contributed by atoms with Gasteiger partial charge in [0.1, 0.15) is 11.9 Å². The van der Waals surface area contributed by atoms with Crippen molar-refractivity contribution >= 4 is 17.6 Å². The van der Waals surface area contributed by atoms with Crippen LogP contribution in [0.15, 0.2) is 18.2 Å². The summed E-state index contributed by atoms with van der Waals surface area (Å²) in [6.07, 6.45) is 0.296. The van der Waals surface area contributed by atoms with Crippen molar-refractivity contribution in [2.75, 3.05) is 5.32 Å². The van der Waals surface area contributed by atoms with Crippen LogP contribution in [-0.4, -0.2) is 23.0 Å². The van der Waals surface area contributed by atoms with Crippen LogP contribution in [0.2, 0.25) is 0 Å². The van der Waals surface area contributed by atoms with E-state index in [1.807, 2.05) is 0 Å². The zero-order chi connectivity index (χ0) is 13.0. The Labute approximate surface area is 97.4 Å². The van der Waals surface area contributed by atoms with Crippen LogP contribution in [0.3, 0.4) is 0 Å². The predicted molar refractivity (Wildman–Crippen MR) is 60.3 cm³/mol. The number of primary amides is 1. The first-order valence-corrected chi connectivity index (χ1v) is 5.05. The maximum absolute atomic E-state index is 13.4. The van der Waals surface area contributed by atoms with Crippen LogP contribution in [0, 0.1) is 5.82 Å². The third kappa shape index (κ3) is 2.93. The van der Waals surface area contributed by atoms with Crippen molar-refractivity contribution in [3.63, 3.8) is 0 Å². The molecule has 6 heteroatoms. The van der Waals surface area contributed by atoms with Gasteiger partial charge in [-0.2, -0.15) is 0 Å². The molecule has 4 N–H and O–H groups in total. The average molecular weight is 240 g/mol. The van der Waals surface area contributed by atoms with Crippen LogP contribution in [0.4, 0.5) is 10.1 Å². The Balaban J connectivity index is 3.10. The van der Waals surface area contributed by atoms with Crippen LogP contribution < -0.4 is 11.1 Å². The summed E-state index contributed by atoms with van der Waals surface area (Å²) in [6.45, 7) is 1.66. The molecule has 0 radical (unpaired) electrons. The topological polar surface area (TPSA) is 92.4 Å². The fourth-order valence-corrected chi connectivity index (χ4v) is 1.42. The van der Waals surface area contributed by atoms with Crippen LogP contribution in [0.25, 0.3) is 0 Å². The van der Waals surface area contributed by atoms with Gasteiger partial charge < -0.3 is 16.2 Å². The molecular weight excluding hydrogens is 227 g/mol. The van der Waals surface area contributed by atoms with Gasteiger partial charge in [0, 0.05) is 0 Å². The summed E-state index contributed by atoms with van der Waals surface area (Å²) in [7, 11) is 0. The summed E-state index contributed by atoms with van der Waals surface area (Å²) in [6, 6.07) is 2.98. The first-order chi connectivity index (χ1) is 7.97. The lowest BCUT2D eigenvalue weighted by molar-refractivity contribution is -0.137. The maximum atomic E-state index is 13.4. The van der Waals surface area contributed by atoms with E-state index in [1.165, 1.54) is 12.1 Å². The number of aliphatic carboxylic acids is 1. The summed E-state index contributed by atoms with van der Waals surface area (Å²) in [5.74, 6) is -2.79. The Bertz CT molecular complexity index is 448. The van der Waals surface area contributed by atoms with E-state index < -0.39 is 23.7 Å². The number of amides is 1. The summed E-state index contributed by atoms with van der Waals surface area (Å²) >= 11 is 0. The van der Waals surface area contributed by atoms with Gasteiger partial charge >= 0.3 is 5.97 Å². The highest BCUT2D eigenvalue weighted by molar-refractivity contribution is 5.99. The van der Waals surface area contributed by atoms with E-state index in [0.717, 1.165) is 6.07 Å². The number of anilines is 1. The fraction of sp³-hybridized carbons (Fsp3) is 0.273. The Hall–Kier alpha value is -2.11. The van der Waals surface area contributed by atoms with E-state index in [-0.39, 0.29) is 11.3 Å². The molecule has 0 aromatic heterocycles. The number of rotatable bonds is 5. The van der Waals surface area contributed by atoms with E-state index in [4.69, 9.17) is 10.8 Å². The van der Waals surface area contributed by atoms with E-state index in [1.54, 1.807) is 6.92 Å². The summed E-state index contributed by atoms with van der Waals surface area (Å²) < 4.78 is 13.4. The van der Waals surface area contributed by atoms with Crippen molar-refractivity contribution in [3.05, 3.63) is 29.6 Å². The van der Waals surface area contributed by atoms with Crippen molar-refractivity contribution in [2.24, 2.45) is 5.73 Å². The molecule has 1 amide bonds. The number of carbonyl (C=O) groups is 2. The first kappa shape index (κ1) is 13.0. The average Bonchev–Trinajstić information content (AvgIpc) is 2.24. The molecule has 0 saturated carbocycles. The molecule has 0 spiro atoms. The Kier molecular flexibility index (Phi) is 4.03. The molecule has 5 nitrogen and oxygen atoms in total. The lowest BCUT2D eigenvalue weighted by atomic mass is 10.1. The lowest BCUT2D eigenvalue weighted by Gasteiger charge is -2.16. The van der Waals surface area contributed by atoms with Gasteiger partial charge in [0.05, 0.1) is 11.3 Å². The molecule has 92 valence electrons. The number of carboxylic acid groups (broad SMARTS) is 1. The molecular formula is C11H13FN2O3. The fourth-order valence-electron chi connectivity index (χ4n) is 1.42. The minimum Gasteiger partial charge on any atom is -0.480 e. The van der Waals surface area contributed by atoms with Crippen molar-refractivity contribution in [2.45, 2.75) is 19.4 Å². The van der Waals surface area contributed by atoms with Crippen LogP contribution in [0.5, 0.6) is 0 Å². The van der Waals surface area contributed by atoms with Crippen molar-refractivity contribution in [1.82, 2.24) is 0 Å². The summed E-state index contributed by atoms with van der Waals surface area (Å²) in [4.78, 5) is 21.9. The van der Waals surface area contributed by atoms with Crippen LogP contribution in [-0.2, 0) is 4.79 Å². The number of nitrogens with two attached hydrogens (primary N) is 1. The van der Waals surface area contributed by atoms with Gasteiger partial charge in [0.2, 0.25) is 0 Å². The van der Waals surface area contributed by atoms with Crippen LogP contribution >= 0.6 is 0 Å². The molecule has 0 aliphatic rings. The Morgan fingerprint density at radius 1 is 1.53 bits per heavy atom. The summed E-state index contributed by atoms with van der Waals surface area (Å²) in [5, 5.41) is 11.4. The molecule has 0 fully saturated rings. The molecule has 1 atom stereocenters. The molecule has 0 bridgehead atoms.